The molecular weight excluding hydrogens is 179 g/mol. The van der Waals surface area contributed by atoms with E-state index in [1.807, 2.05) is 6.92 Å². The normalized spacial score (nSPS) is 12.1. The monoisotopic (exact) mass is 192 g/mol. The zero-order chi connectivity index (χ0) is 10.6. The van der Waals surface area contributed by atoms with Gasteiger partial charge in [-0.05, 0) is 24.1 Å². The van der Waals surface area contributed by atoms with Crippen LogP contribution in [0.1, 0.15) is 36.9 Å². The lowest BCUT2D eigenvalue weighted by Crippen LogP contribution is -2.10. The molecule has 1 aromatic rings. The predicted octanol–water partition coefficient (Wildman–Crippen LogP) is 2.50. The van der Waals surface area contributed by atoms with Crippen LogP contribution in [0.5, 0.6) is 0 Å². The standard InChI is InChI=1S/C11H13FN2/c1-2-3-11(14)8-4-5-9(7-13)10(12)6-8/h4-6,11H,2-3,14H2,1H3/t11-/m1/s1. The van der Waals surface area contributed by atoms with Crippen molar-refractivity contribution in [2.75, 3.05) is 0 Å². The first-order chi connectivity index (χ1) is 6.69. The van der Waals surface area contributed by atoms with Crippen molar-refractivity contribution in [1.29, 1.82) is 5.26 Å². The van der Waals surface area contributed by atoms with Crippen LogP contribution in [-0.4, -0.2) is 0 Å². The first-order valence-corrected chi connectivity index (χ1v) is 4.64. The Kier molecular flexibility index (Phi) is 3.61. The molecule has 0 amide bonds. The SMILES string of the molecule is CCC[C@@H](N)c1ccc(C#N)c(F)c1. The number of benzene rings is 1. The first kappa shape index (κ1) is 10.7. The second kappa shape index (κ2) is 4.73. The lowest BCUT2D eigenvalue weighted by molar-refractivity contribution is 0.602. The third-order valence-corrected chi connectivity index (χ3v) is 2.14. The van der Waals surface area contributed by atoms with Gasteiger partial charge in [-0.2, -0.15) is 5.26 Å². The maximum Gasteiger partial charge on any atom is 0.141 e. The third-order valence-electron chi connectivity index (χ3n) is 2.14. The van der Waals surface area contributed by atoms with E-state index in [4.69, 9.17) is 11.0 Å². The maximum absolute atomic E-state index is 13.2. The maximum atomic E-state index is 13.2. The summed E-state index contributed by atoms with van der Waals surface area (Å²) in [6, 6.07) is 6.17. The molecule has 14 heavy (non-hydrogen) atoms. The van der Waals surface area contributed by atoms with Gasteiger partial charge in [-0.3, -0.25) is 0 Å². The minimum atomic E-state index is -0.489. The van der Waals surface area contributed by atoms with Crippen molar-refractivity contribution >= 4 is 0 Å². The summed E-state index contributed by atoms with van der Waals surface area (Å²) in [6.45, 7) is 2.03. The van der Waals surface area contributed by atoms with Crippen LogP contribution in [0.3, 0.4) is 0 Å². The molecule has 0 saturated carbocycles. The number of nitrogens with zero attached hydrogens (tertiary/aromatic N) is 1. The van der Waals surface area contributed by atoms with E-state index < -0.39 is 5.82 Å². The molecule has 3 heteroatoms. The van der Waals surface area contributed by atoms with Crippen molar-refractivity contribution in [2.45, 2.75) is 25.8 Å². The summed E-state index contributed by atoms with van der Waals surface area (Å²) in [5, 5.41) is 8.53. The molecular formula is C11H13FN2. The molecule has 0 aliphatic rings. The van der Waals surface area contributed by atoms with Gasteiger partial charge in [0, 0.05) is 6.04 Å². The molecule has 0 unspecified atom stereocenters. The van der Waals surface area contributed by atoms with E-state index in [9.17, 15) is 4.39 Å². The fourth-order valence-electron chi connectivity index (χ4n) is 1.33. The number of rotatable bonds is 3. The van der Waals surface area contributed by atoms with Crippen LogP contribution < -0.4 is 5.73 Å². The highest BCUT2D eigenvalue weighted by atomic mass is 19.1. The topological polar surface area (TPSA) is 49.8 Å². The second-order valence-electron chi connectivity index (χ2n) is 3.25. The van der Waals surface area contributed by atoms with Gasteiger partial charge in [0.2, 0.25) is 0 Å². The van der Waals surface area contributed by atoms with Crippen molar-refractivity contribution in [3.8, 4) is 6.07 Å². The second-order valence-corrected chi connectivity index (χ2v) is 3.25. The number of halogens is 1. The van der Waals surface area contributed by atoms with Gasteiger partial charge in [0.15, 0.2) is 0 Å². The van der Waals surface area contributed by atoms with Gasteiger partial charge in [-0.15, -0.1) is 0 Å². The molecule has 0 radical (unpaired) electrons. The van der Waals surface area contributed by atoms with Crippen molar-refractivity contribution in [2.24, 2.45) is 5.73 Å². The van der Waals surface area contributed by atoms with Crippen LogP contribution >= 0.6 is 0 Å². The fraction of sp³-hybridized carbons (Fsp3) is 0.364. The van der Waals surface area contributed by atoms with Crippen LogP contribution in [0.25, 0.3) is 0 Å². The van der Waals surface area contributed by atoms with Crippen LogP contribution in [0.4, 0.5) is 4.39 Å². The zero-order valence-electron chi connectivity index (χ0n) is 8.13. The predicted molar refractivity (Wildman–Crippen MR) is 53.0 cm³/mol. The van der Waals surface area contributed by atoms with Gasteiger partial charge in [0.25, 0.3) is 0 Å². The van der Waals surface area contributed by atoms with Crippen molar-refractivity contribution in [1.82, 2.24) is 0 Å². The molecule has 2 nitrogen and oxygen atoms in total. The highest BCUT2D eigenvalue weighted by molar-refractivity contribution is 5.34. The summed E-state index contributed by atoms with van der Waals surface area (Å²) in [5.41, 5.74) is 6.64. The molecule has 0 saturated heterocycles. The van der Waals surface area contributed by atoms with Gasteiger partial charge in [0.05, 0.1) is 5.56 Å². The van der Waals surface area contributed by atoms with Gasteiger partial charge in [0.1, 0.15) is 11.9 Å². The summed E-state index contributed by atoms with van der Waals surface area (Å²) < 4.78 is 13.2. The first-order valence-electron chi connectivity index (χ1n) is 4.64. The molecule has 0 fully saturated rings. The average molecular weight is 192 g/mol. The van der Waals surface area contributed by atoms with Crippen molar-refractivity contribution < 1.29 is 4.39 Å². The minimum Gasteiger partial charge on any atom is -0.324 e. The Labute approximate surface area is 83.2 Å². The summed E-state index contributed by atoms with van der Waals surface area (Å²) in [4.78, 5) is 0. The summed E-state index contributed by atoms with van der Waals surface area (Å²) in [7, 11) is 0. The Morgan fingerprint density at radius 2 is 2.29 bits per heavy atom. The molecule has 0 aliphatic carbocycles. The Morgan fingerprint density at radius 3 is 2.79 bits per heavy atom. The van der Waals surface area contributed by atoms with Crippen LogP contribution in [0, 0.1) is 17.1 Å². The Hall–Kier alpha value is -1.40. The minimum absolute atomic E-state index is 0.0671. The summed E-state index contributed by atoms with van der Waals surface area (Å²) in [5.74, 6) is -0.489. The van der Waals surface area contributed by atoms with Crippen LogP contribution in [0.15, 0.2) is 18.2 Å². The molecule has 0 bridgehead atoms. The smallest absolute Gasteiger partial charge is 0.141 e. The highest BCUT2D eigenvalue weighted by Gasteiger charge is 2.08. The lowest BCUT2D eigenvalue weighted by Gasteiger charge is -2.10. The number of hydrogen-bond acceptors (Lipinski definition) is 2. The highest BCUT2D eigenvalue weighted by Crippen LogP contribution is 2.18. The van der Waals surface area contributed by atoms with E-state index in [2.05, 4.69) is 0 Å². The molecule has 74 valence electrons. The van der Waals surface area contributed by atoms with Crippen molar-refractivity contribution in [3.63, 3.8) is 0 Å². The van der Waals surface area contributed by atoms with E-state index in [0.29, 0.717) is 0 Å². The Balaban J connectivity index is 2.92. The Morgan fingerprint density at radius 1 is 1.57 bits per heavy atom. The van der Waals surface area contributed by atoms with Gasteiger partial charge < -0.3 is 5.73 Å². The fourth-order valence-corrected chi connectivity index (χ4v) is 1.33. The quantitative estimate of drug-likeness (QED) is 0.799. The largest absolute Gasteiger partial charge is 0.324 e. The van der Waals surface area contributed by atoms with E-state index in [-0.39, 0.29) is 11.6 Å². The molecule has 0 aromatic heterocycles. The van der Waals surface area contributed by atoms with Crippen molar-refractivity contribution in [3.05, 3.63) is 35.1 Å². The molecule has 0 heterocycles. The van der Waals surface area contributed by atoms with E-state index >= 15 is 0 Å². The van der Waals surface area contributed by atoms with Crippen LogP contribution in [-0.2, 0) is 0 Å². The number of nitrogens with two attached hydrogens (primary N) is 1. The third kappa shape index (κ3) is 2.30. The van der Waals surface area contributed by atoms with Gasteiger partial charge in [-0.1, -0.05) is 19.4 Å². The lowest BCUT2D eigenvalue weighted by atomic mass is 10.0. The van der Waals surface area contributed by atoms with Gasteiger partial charge in [-0.25, -0.2) is 4.39 Å². The zero-order valence-corrected chi connectivity index (χ0v) is 8.13. The van der Waals surface area contributed by atoms with E-state index in [0.717, 1.165) is 18.4 Å². The Bertz CT molecular complexity index is 355. The molecule has 1 atom stereocenters. The molecule has 0 spiro atoms. The van der Waals surface area contributed by atoms with Crippen LogP contribution in [0.2, 0.25) is 0 Å². The number of nitriles is 1. The summed E-state index contributed by atoms with van der Waals surface area (Å²) in [6.07, 6.45) is 1.79. The average Bonchev–Trinajstić information content (AvgIpc) is 2.18. The molecule has 2 N–H and O–H groups in total. The van der Waals surface area contributed by atoms with E-state index in [1.54, 1.807) is 12.1 Å². The van der Waals surface area contributed by atoms with E-state index in [1.165, 1.54) is 12.1 Å². The van der Waals surface area contributed by atoms with Gasteiger partial charge >= 0.3 is 0 Å². The number of hydrogen-bond donors (Lipinski definition) is 1. The molecule has 0 aliphatic heterocycles. The molecule has 1 rings (SSSR count). The summed E-state index contributed by atoms with van der Waals surface area (Å²) >= 11 is 0. The molecule has 1 aromatic carbocycles.